The van der Waals surface area contributed by atoms with Crippen molar-refractivity contribution in [3.63, 3.8) is 0 Å². The summed E-state index contributed by atoms with van der Waals surface area (Å²) in [7, 11) is 3.11. The van der Waals surface area contributed by atoms with Gasteiger partial charge in [0.05, 0.1) is 25.5 Å². The fraction of sp³-hybridized carbons (Fsp3) is 0.160. The molecule has 0 spiro atoms. The molecule has 1 aliphatic heterocycles. The fourth-order valence-corrected chi connectivity index (χ4v) is 3.76. The first-order valence-electron chi connectivity index (χ1n) is 10.00. The molecule has 1 atom stereocenters. The van der Waals surface area contributed by atoms with E-state index in [0.717, 1.165) is 5.56 Å². The van der Waals surface area contributed by atoms with E-state index in [2.05, 4.69) is 4.98 Å². The summed E-state index contributed by atoms with van der Waals surface area (Å²) >= 11 is 0. The zero-order valence-electron chi connectivity index (χ0n) is 17.7. The SMILES string of the molecule is COc1ccc(/C(O)=C2/C(=O)C(=O)N(Cc3cccc(OC)c3)C2c2ccccn2)cc1. The van der Waals surface area contributed by atoms with Crippen LogP contribution in [0.15, 0.2) is 78.5 Å². The summed E-state index contributed by atoms with van der Waals surface area (Å²) in [6.07, 6.45) is 1.59. The van der Waals surface area contributed by atoms with E-state index in [1.807, 2.05) is 12.1 Å². The summed E-state index contributed by atoms with van der Waals surface area (Å²) in [5.41, 5.74) is 1.69. The smallest absolute Gasteiger partial charge is 0.296 e. The summed E-state index contributed by atoms with van der Waals surface area (Å²) in [6.45, 7) is 0.155. The quantitative estimate of drug-likeness (QED) is 0.364. The third-order valence-corrected chi connectivity index (χ3v) is 5.36. The lowest BCUT2D eigenvalue weighted by Crippen LogP contribution is -2.29. The van der Waals surface area contributed by atoms with Crippen LogP contribution in [0.2, 0.25) is 0 Å². The molecule has 2 aromatic carbocycles. The highest BCUT2D eigenvalue weighted by Crippen LogP contribution is 2.39. The molecule has 1 unspecified atom stereocenters. The van der Waals surface area contributed by atoms with Crippen molar-refractivity contribution in [3.8, 4) is 11.5 Å². The van der Waals surface area contributed by atoms with Crippen molar-refractivity contribution in [3.05, 3.63) is 95.3 Å². The zero-order valence-corrected chi connectivity index (χ0v) is 17.7. The minimum atomic E-state index is -0.829. The van der Waals surface area contributed by atoms with Crippen molar-refractivity contribution < 1.29 is 24.2 Å². The van der Waals surface area contributed by atoms with Crippen LogP contribution in [0.1, 0.15) is 22.9 Å². The van der Waals surface area contributed by atoms with Gasteiger partial charge in [-0.05, 0) is 54.1 Å². The number of aliphatic hydroxyl groups is 1. The lowest BCUT2D eigenvalue weighted by Gasteiger charge is -2.24. The van der Waals surface area contributed by atoms with Crippen molar-refractivity contribution in [2.24, 2.45) is 0 Å². The molecule has 1 N–H and O–H groups in total. The molecule has 0 saturated carbocycles. The van der Waals surface area contributed by atoms with Gasteiger partial charge in [0.1, 0.15) is 23.3 Å². The van der Waals surface area contributed by atoms with Crippen LogP contribution >= 0.6 is 0 Å². The monoisotopic (exact) mass is 430 g/mol. The third-order valence-electron chi connectivity index (χ3n) is 5.36. The number of ketones is 1. The average molecular weight is 430 g/mol. The van der Waals surface area contributed by atoms with Gasteiger partial charge in [0.15, 0.2) is 0 Å². The molecule has 0 aliphatic carbocycles. The van der Waals surface area contributed by atoms with E-state index in [1.165, 1.54) is 4.90 Å². The Morgan fingerprint density at radius 3 is 2.38 bits per heavy atom. The number of Topliss-reactive ketones (excluding diaryl/α,β-unsaturated/α-hetero) is 1. The molecule has 4 rings (SSSR count). The number of carbonyl (C=O) groups is 2. The van der Waals surface area contributed by atoms with Gasteiger partial charge in [0.2, 0.25) is 0 Å². The van der Waals surface area contributed by atoms with Gasteiger partial charge >= 0.3 is 0 Å². The number of methoxy groups -OCH3 is 2. The van der Waals surface area contributed by atoms with E-state index in [4.69, 9.17) is 9.47 Å². The maximum absolute atomic E-state index is 13.1. The average Bonchev–Trinajstić information content (AvgIpc) is 3.09. The number of benzene rings is 2. The van der Waals surface area contributed by atoms with E-state index in [1.54, 1.807) is 75.0 Å². The van der Waals surface area contributed by atoms with Gasteiger partial charge in [-0.3, -0.25) is 14.6 Å². The molecule has 0 bridgehead atoms. The van der Waals surface area contributed by atoms with E-state index in [-0.39, 0.29) is 17.9 Å². The van der Waals surface area contributed by atoms with Gasteiger partial charge in [0.25, 0.3) is 11.7 Å². The molecule has 1 aromatic heterocycles. The number of aromatic nitrogens is 1. The van der Waals surface area contributed by atoms with Crippen molar-refractivity contribution >= 4 is 17.4 Å². The van der Waals surface area contributed by atoms with E-state index >= 15 is 0 Å². The van der Waals surface area contributed by atoms with Crippen LogP contribution in [0.5, 0.6) is 11.5 Å². The molecule has 0 radical (unpaired) electrons. The number of rotatable bonds is 6. The summed E-state index contributed by atoms with van der Waals surface area (Å²) < 4.78 is 10.4. The highest BCUT2D eigenvalue weighted by atomic mass is 16.5. The summed E-state index contributed by atoms with van der Waals surface area (Å²) in [6, 6.07) is 18.3. The molecule has 2 heterocycles. The number of hydrogen-bond acceptors (Lipinski definition) is 6. The standard InChI is InChI=1S/C25H22N2O5/c1-31-18-11-9-17(10-12-18)23(28)21-22(20-8-3-4-13-26-20)27(25(30)24(21)29)15-16-6-5-7-19(14-16)32-2/h3-14,22,28H,15H2,1-2H3/b23-21-. The number of ether oxygens (including phenoxy) is 2. The van der Waals surface area contributed by atoms with Crippen LogP contribution in [0.25, 0.3) is 5.76 Å². The number of likely N-dealkylation sites (tertiary alicyclic amines) is 1. The molecule has 162 valence electrons. The summed E-state index contributed by atoms with van der Waals surface area (Å²) in [5, 5.41) is 11.1. The highest BCUT2D eigenvalue weighted by molar-refractivity contribution is 6.46. The van der Waals surface area contributed by atoms with E-state index < -0.39 is 17.7 Å². The van der Waals surface area contributed by atoms with Crippen molar-refractivity contribution in [2.75, 3.05) is 14.2 Å². The Balaban J connectivity index is 1.81. The number of nitrogens with zero attached hydrogens (tertiary/aromatic N) is 2. The van der Waals surface area contributed by atoms with Gasteiger partial charge in [-0.15, -0.1) is 0 Å². The number of hydrogen-bond donors (Lipinski definition) is 1. The Hall–Kier alpha value is -4.13. The molecule has 1 aliphatic rings. The number of amides is 1. The van der Waals surface area contributed by atoms with Crippen molar-refractivity contribution in [2.45, 2.75) is 12.6 Å². The Labute approximate surface area is 185 Å². The van der Waals surface area contributed by atoms with Gasteiger partial charge in [-0.2, -0.15) is 0 Å². The second-order valence-electron chi connectivity index (χ2n) is 7.26. The van der Waals surface area contributed by atoms with Gasteiger partial charge in [0, 0.05) is 18.3 Å². The number of pyridine rings is 1. The van der Waals surface area contributed by atoms with Gasteiger partial charge in [-0.25, -0.2) is 0 Å². The Bertz CT molecular complexity index is 1170. The minimum absolute atomic E-state index is 0.00163. The predicted octanol–water partition coefficient (Wildman–Crippen LogP) is 3.72. The lowest BCUT2D eigenvalue weighted by atomic mass is 9.98. The fourth-order valence-electron chi connectivity index (χ4n) is 3.76. The number of carbonyl (C=O) groups excluding carboxylic acids is 2. The number of aliphatic hydroxyl groups excluding tert-OH is 1. The van der Waals surface area contributed by atoms with Crippen molar-refractivity contribution in [1.82, 2.24) is 9.88 Å². The molecule has 1 amide bonds. The van der Waals surface area contributed by atoms with Crippen LogP contribution in [-0.4, -0.2) is 40.9 Å². The predicted molar refractivity (Wildman–Crippen MR) is 118 cm³/mol. The largest absolute Gasteiger partial charge is 0.507 e. The molecular weight excluding hydrogens is 408 g/mol. The van der Waals surface area contributed by atoms with Crippen LogP contribution in [-0.2, 0) is 16.1 Å². The normalized spacial score (nSPS) is 17.4. The molecule has 1 fully saturated rings. The van der Waals surface area contributed by atoms with Gasteiger partial charge in [-0.1, -0.05) is 18.2 Å². The van der Waals surface area contributed by atoms with Crippen LogP contribution in [0.3, 0.4) is 0 Å². The molecular formula is C25H22N2O5. The first kappa shape index (κ1) is 21.1. The van der Waals surface area contributed by atoms with E-state index in [9.17, 15) is 14.7 Å². The molecule has 7 heteroatoms. The summed E-state index contributed by atoms with van der Waals surface area (Å²) in [4.78, 5) is 31.9. The highest BCUT2D eigenvalue weighted by Gasteiger charge is 2.46. The Morgan fingerprint density at radius 1 is 0.969 bits per heavy atom. The second-order valence-corrected chi connectivity index (χ2v) is 7.26. The maximum atomic E-state index is 13.1. The Kier molecular flexibility index (Phi) is 5.89. The van der Waals surface area contributed by atoms with Crippen LogP contribution in [0.4, 0.5) is 0 Å². The third kappa shape index (κ3) is 3.92. The van der Waals surface area contributed by atoms with Crippen LogP contribution < -0.4 is 9.47 Å². The summed E-state index contributed by atoms with van der Waals surface area (Å²) in [5.74, 6) is -0.446. The van der Waals surface area contributed by atoms with Gasteiger partial charge < -0.3 is 19.5 Å². The minimum Gasteiger partial charge on any atom is -0.507 e. The first-order valence-corrected chi connectivity index (χ1v) is 10.00. The Morgan fingerprint density at radius 2 is 1.72 bits per heavy atom. The first-order chi connectivity index (χ1) is 15.5. The lowest BCUT2D eigenvalue weighted by molar-refractivity contribution is -0.140. The maximum Gasteiger partial charge on any atom is 0.296 e. The van der Waals surface area contributed by atoms with Crippen LogP contribution in [0, 0.1) is 0 Å². The zero-order chi connectivity index (χ0) is 22.7. The molecule has 32 heavy (non-hydrogen) atoms. The molecule has 7 nitrogen and oxygen atoms in total. The molecule has 1 saturated heterocycles. The second kappa shape index (κ2) is 8.93. The van der Waals surface area contributed by atoms with Crippen molar-refractivity contribution in [1.29, 1.82) is 0 Å². The molecule has 3 aromatic rings. The van der Waals surface area contributed by atoms with E-state index in [0.29, 0.717) is 22.8 Å². The topological polar surface area (TPSA) is 89.0 Å².